The Bertz CT molecular complexity index is 586. The first-order valence-corrected chi connectivity index (χ1v) is 10.8. The molecule has 1 fully saturated rings. The summed E-state index contributed by atoms with van der Waals surface area (Å²) >= 11 is 0. The highest BCUT2D eigenvalue weighted by molar-refractivity contribution is 5.80. The molecule has 1 atom stereocenters. The van der Waals surface area contributed by atoms with E-state index in [1.54, 1.807) is 0 Å². The van der Waals surface area contributed by atoms with Crippen molar-refractivity contribution in [2.45, 2.75) is 58.6 Å². The lowest BCUT2D eigenvalue weighted by Gasteiger charge is -2.33. The third-order valence-corrected chi connectivity index (χ3v) is 4.99. The zero-order valence-corrected chi connectivity index (χ0v) is 17.8. The van der Waals surface area contributed by atoms with Crippen LogP contribution in [0.25, 0.3) is 0 Å². The Morgan fingerprint density at radius 2 is 2.11 bits per heavy atom. The van der Waals surface area contributed by atoms with Crippen LogP contribution in [0.1, 0.15) is 45.1 Å². The quantitative estimate of drug-likeness (QED) is 0.423. The maximum absolute atomic E-state index is 10.2. The van der Waals surface area contributed by atoms with Crippen LogP contribution in [0.2, 0.25) is 0 Å². The van der Waals surface area contributed by atoms with Crippen molar-refractivity contribution >= 4 is 5.96 Å². The maximum Gasteiger partial charge on any atom is 0.191 e. The summed E-state index contributed by atoms with van der Waals surface area (Å²) in [5.74, 6) is 1.56. The van der Waals surface area contributed by atoms with E-state index in [2.05, 4.69) is 34.4 Å². The summed E-state index contributed by atoms with van der Waals surface area (Å²) in [6.45, 7) is 11.2. The fourth-order valence-corrected chi connectivity index (χ4v) is 3.34. The summed E-state index contributed by atoms with van der Waals surface area (Å²) in [7, 11) is 0. The monoisotopic (exact) mass is 390 g/mol. The van der Waals surface area contributed by atoms with E-state index in [4.69, 9.17) is 4.74 Å². The van der Waals surface area contributed by atoms with Crippen LogP contribution in [0, 0.1) is 6.92 Å². The number of unbranched alkanes of at least 4 members (excludes halogenated alkanes) is 1. The van der Waals surface area contributed by atoms with Gasteiger partial charge in [0.15, 0.2) is 5.96 Å². The van der Waals surface area contributed by atoms with Crippen molar-refractivity contribution in [2.24, 2.45) is 4.99 Å². The number of rotatable bonds is 10. The van der Waals surface area contributed by atoms with Gasteiger partial charge in [0.1, 0.15) is 18.5 Å². The Morgan fingerprint density at radius 1 is 1.32 bits per heavy atom. The number of aliphatic hydroxyl groups excluding tert-OH is 1. The number of benzene rings is 1. The van der Waals surface area contributed by atoms with Crippen LogP contribution in [0.15, 0.2) is 29.3 Å². The summed E-state index contributed by atoms with van der Waals surface area (Å²) < 4.78 is 5.67. The molecule has 0 amide bonds. The van der Waals surface area contributed by atoms with Gasteiger partial charge in [-0.15, -0.1) is 0 Å². The minimum absolute atomic E-state index is 0.238. The summed E-state index contributed by atoms with van der Waals surface area (Å²) in [6, 6.07) is 8.29. The van der Waals surface area contributed by atoms with Gasteiger partial charge in [0.05, 0.1) is 6.54 Å². The molecule has 1 unspecified atom stereocenters. The number of nitrogens with zero attached hydrogens (tertiary/aromatic N) is 2. The van der Waals surface area contributed by atoms with Crippen LogP contribution in [-0.2, 0) is 0 Å². The molecule has 6 nitrogen and oxygen atoms in total. The highest BCUT2D eigenvalue weighted by Gasteiger charge is 2.19. The van der Waals surface area contributed by atoms with Gasteiger partial charge in [0.2, 0.25) is 0 Å². The normalized spacial score (nSPS) is 17.4. The van der Waals surface area contributed by atoms with Gasteiger partial charge in [0.25, 0.3) is 0 Å². The fraction of sp³-hybridized carbons (Fsp3) is 0.682. The Balaban J connectivity index is 1.75. The topological polar surface area (TPSA) is 69.1 Å². The molecule has 6 heteroatoms. The summed E-state index contributed by atoms with van der Waals surface area (Å²) in [5, 5.41) is 17.0. The maximum atomic E-state index is 10.2. The Hall–Kier alpha value is -1.79. The standard InChI is InChI=1S/C22H38N4O2/c1-4-6-12-26-13-10-19(11-14-26)25-22(23-5-2)24-16-20(27)17-28-21-9-7-8-18(3)15-21/h7-9,15,19-20,27H,4-6,10-14,16-17H2,1-3H3,(H2,23,24,25). The van der Waals surface area contributed by atoms with Crippen LogP contribution in [0.5, 0.6) is 5.75 Å². The van der Waals surface area contributed by atoms with E-state index in [0.29, 0.717) is 12.6 Å². The first-order valence-electron chi connectivity index (χ1n) is 10.8. The van der Waals surface area contributed by atoms with Crippen LogP contribution < -0.4 is 15.4 Å². The molecule has 0 saturated carbocycles. The molecular formula is C22H38N4O2. The molecule has 1 aromatic carbocycles. The van der Waals surface area contributed by atoms with Crippen molar-refractivity contribution in [1.82, 2.24) is 15.5 Å². The first kappa shape index (κ1) is 22.5. The number of aryl methyl sites for hydroxylation is 1. The van der Waals surface area contributed by atoms with Crippen molar-refractivity contribution in [3.8, 4) is 5.75 Å². The molecule has 1 aromatic rings. The molecule has 0 aliphatic carbocycles. The summed E-state index contributed by atoms with van der Waals surface area (Å²) in [5.41, 5.74) is 1.14. The van der Waals surface area contributed by atoms with E-state index in [1.807, 2.05) is 31.2 Å². The zero-order valence-electron chi connectivity index (χ0n) is 17.8. The smallest absolute Gasteiger partial charge is 0.191 e. The van der Waals surface area contributed by atoms with Crippen molar-refractivity contribution in [3.63, 3.8) is 0 Å². The molecule has 3 N–H and O–H groups in total. The first-order chi connectivity index (χ1) is 13.6. The molecule has 28 heavy (non-hydrogen) atoms. The second-order valence-corrected chi connectivity index (χ2v) is 7.61. The van der Waals surface area contributed by atoms with Gasteiger partial charge in [-0.25, -0.2) is 0 Å². The Kier molecular flexibility index (Phi) is 10.1. The van der Waals surface area contributed by atoms with Gasteiger partial charge < -0.3 is 25.4 Å². The van der Waals surface area contributed by atoms with Gasteiger partial charge in [-0.05, 0) is 57.4 Å². The van der Waals surface area contributed by atoms with E-state index < -0.39 is 6.10 Å². The highest BCUT2D eigenvalue weighted by atomic mass is 16.5. The van der Waals surface area contributed by atoms with Crippen LogP contribution in [0.4, 0.5) is 0 Å². The van der Waals surface area contributed by atoms with Gasteiger partial charge in [-0.1, -0.05) is 25.5 Å². The second-order valence-electron chi connectivity index (χ2n) is 7.61. The average Bonchev–Trinajstić information content (AvgIpc) is 2.70. The van der Waals surface area contributed by atoms with Crippen molar-refractivity contribution < 1.29 is 9.84 Å². The molecule has 1 aliphatic rings. The average molecular weight is 391 g/mol. The zero-order chi connectivity index (χ0) is 20.2. The molecular weight excluding hydrogens is 352 g/mol. The van der Waals surface area contributed by atoms with E-state index in [9.17, 15) is 5.11 Å². The molecule has 1 aliphatic heterocycles. The van der Waals surface area contributed by atoms with E-state index in [0.717, 1.165) is 49.7 Å². The minimum atomic E-state index is -0.633. The van der Waals surface area contributed by atoms with Crippen molar-refractivity contribution in [3.05, 3.63) is 29.8 Å². The number of nitrogens with one attached hydrogen (secondary N) is 2. The largest absolute Gasteiger partial charge is 0.491 e. The van der Waals surface area contributed by atoms with E-state index in [-0.39, 0.29) is 6.61 Å². The van der Waals surface area contributed by atoms with Crippen molar-refractivity contribution in [1.29, 1.82) is 0 Å². The third-order valence-electron chi connectivity index (χ3n) is 4.99. The van der Waals surface area contributed by atoms with E-state index in [1.165, 1.54) is 19.4 Å². The van der Waals surface area contributed by atoms with Gasteiger partial charge in [-0.3, -0.25) is 4.99 Å². The van der Waals surface area contributed by atoms with Gasteiger partial charge >= 0.3 is 0 Å². The molecule has 2 rings (SSSR count). The number of aliphatic hydroxyl groups is 1. The Morgan fingerprint density at radius 3 is 2.79 bits per heavy atom. The molecule has 0 spiro atoms. The fourth-order valence-electron chi connectivity index (χ4n) is 3.34. The van der Waals surface area contributed by atoms with Crippen LogP contribution >= 0.6 is 0 Å². The molecule has 0 bridgehead atoms. The molecule has 0 radical (unpaired) electrons. The number of likely N-dealkylation sites (tertiary alicyclic amines) is 1. The summed E-state index contributed by atoms with van der Waals surface area (Å²) in [4.78, 5) is 7.11. The number of hydrogen-bond acceptors (Lipinski definition) is 4. The molecule has 1 heterocycles. The lowest BCUT2D eigenvalue weighted by molar-refractivity contribution is 0.114. The SMILES string of the molecule is CCCCN1CCC(NC(=NCC(O)COc2cccc(C)c2)NCC)CC1. The Labute approximate surface area is 170 Å². The second kappa shape index (κ2) is 12.6. The molecule has 158 valence electrons. The number of aliphatic imine (C=N–C) groups is 1. The number of hydrogen-bond donors (Lipinski definition) is 3. The predicted octanol–water partition coefficient (Wildman–Crippen LogP) is 2.55. The van der Waals surface area contributed by atoms with Gasteiger partial charge in [-0.2, -0.15) is 0 Å². The van der Waals surface area contributed by atoms with Gasteiger partial charge in [0, 0.05) is 25.7 Å². The van der Waals surface area contributed by atoms with Crippen molar-refractivity contribution in [2.75, 3.05) is 39.3 Å². The lowest BCUT2D eigenvalue weighted by atomic mass is 10.0. The number of ether oxygens (including phenoxy) is 1. The lowest BCUT2D eigenvalue weighted by Crippen LogP contribution is -2.49. The summed E-state index contributed by atoms with van der Waals surface area (Å²) in [6.07, 6.45) is 4.17. The van der Waals surface area contributed by atoms with Crippen LogP contribution in [0.3, 0.4) is 0 Å². The third kappa shape index (κ3) is 8.48. The molecule has 1 saturated heterocycles. The number of piperidine rings is 1. The minimum Gasteiger partial charge on any atom is -0.491 e. The van der Waals surface area contributed by atoms with E-state index >= 15 is 0 Å². The molecule has 0 aromatic heterocycles. The number of guanidine groups is 1. The van der Waals surface area contributed by atoms with Crippen LogP contribution in [-0.4, -0.2) is 67.4 Å². The highest BCUT2D eigenvalue weighted by Crippen LogP contribution is 2.13. The predicted molar refractivity (Wildman–Crippen MR) is 116 cm³/mol.